The third-order valence-corrected chi connectivity index (χ3v) is 5.72. The first-order valence-corrected chi connectivity index (χ1v) is 9.26. The van der Waals surface area contributed by atoms with Gasteiger partial charge in [0.2, 0.25) is 0 Å². The molecule has 1 unspecified atom stereocenters. The highest BCUT2D eigenvalue weighted by atomic mass is 35.5. The first kappa shape index (κ1) is 14.6. The molecule has 0 aliphatic carbocycles. The molecule has 96 valence electrons. The molecular formula is C10H20ClNO2S2. The number of hydrogen-bond donors (Lipinski definition) is 0. The summed E-state index contributed by atoms with van der Waals surface area (Å²) in [7, 11) is -2.94. The summed E-state index contributed by atoms with van der Waals surface area (Å²) in [6.07, 6.45) is 4.50. The molecule has 0 amide bonds. The van der Waals surface area contributed by atoms with E-state index in [1.807, 2.05) is 0 Å². The highest BCUT2D eigenvalue weighted by molar-refractivity contribution is 8.00. The topological polar surface area (TPSA) is 37.4 Å². The summed E-state index contributed by atoms with van der Waals surface area (Å²) in [5, 5.41) is -0.276. The predicted octanol–water partition coefficient (Wildman–Crippen LogP) is 1.81. The average Bonchev–Trinajstić information content (AvgIpc) is 2.24. The molecule has 0 aromatic rings. The van der Waals surface area contributed by atoms with Gasteiger partial charge >= 0.3 is 0 Å². The van der Waals surface area contributed by atoms with E-state index in [4.69, 9.17) is 11.6 Å². The summed E-state index contributed by atoms with van der Waals surface area (Å²) in [4.78, 5) is 2.11. The van der Waals surface area contributed by atoms with Crippen molar-refractivity contribution in [1.29, 1.82) is 0 Å². The Kier molecular flexibility index (Phi) is 6.47. The zero-order valence-electron chi connectivity index (χ0n) is 9.69. The van der Waals surface area contributed by atoms with E-state index in [0.717, 1.165) is 38.1 Å². The molecule has 1 saturated heterocycles. The van der Waals surface area contributed by atoms with Gasteiger partial charge in [0.15, 0.2) is 9.84 Å². The van der Waals surface area contributed by atoms with E-state index < -0.39 is 9.84 Å². The van der Waals surface area contributed by atoms with E-state index in [9.17, 15) is 8.42 Å². The fraction of sp³-hybridized carbons (Fsp3) is 1.00. The van der Waals surface area contributed by atoms with Crippen molar-refractivity contribution in [1.82, 2.24) is 4.90 Å². The minimum absolute atomic E-state index is 0.276. The molecule has 0 aromatic heterocycles. The van der Waals surface area contributed by atoms with Crippen LogP contribution in [0.25, 0.3) is 0 Å². The van der Waals surface area contributed by atoms with Crippen LogP contribution in [0.3, 0.4) is 0 Å². The summed E-state index contributed by atoms with van der Waals surface area (Å²) in [6, 6.07) is 0. The van der Waals surface area contributed by atoms with E-state index in [0.29, 0.717) is 11.6 Å². The number of nitrogens with zero attached hydrogens (tertiary/aromatic N) is 1. The van der Waals surface area contributed by atoms with Gasteiger partial charge < -0.3 is 0 Å². The maximum Gasteiger partial charge on any atom is 0.164 e. The van der Waals surface area contributed by atoms with Gasteiger partial charge in [-0.3, -0.25) is 4.90 Å². The summed E-state index contributed by atoms with van der Waals surface area (Å²) < 4.78 is 23.2. The van der Waals surface area contributed by atoms with Crippen LogP contribution in [0.4, 0.5) is 0 Å². The molecule has 1 aliphatic rings. The number of alkyl halides is 1. The maximum atomic E-state index is 11.6. The Bertz CT molecular complexity index is 295. The number of sulfone groups is 1. The second-order valence-corrected chi connectivity index (χ2v) is 7.88. The first-order chi connectivity index (χ1) is 7.55. The van der Waals surface area contributed by atoms with Gasteiger partial charge in [-0.1, -0.05) is 6.42 Å². The molecule has 1 rings (SSSR count). The van der Waals surface area contributed by atoms with Crippen LogP contribution >= 0.6 is 23.4 Å². The van der Waals surface area contributed by atoms with E-state index in [1.54, 1.807) is 11.8 Å². The van der Waals surface area contributed by atoms with E-state index >= 15 is 0 Å². The third-order valence-electron chi connectivity index (χ3n) is 2.76. The maximum absolute atomic E-state index is 11.6. The third kappa shape index (κ3) is 4.82. The molecule has 1 atom stereocenters. The molecule has 1 fully saturated rings. The lowest BCUT2D eigenvalue weighted by Crippen LogP contribution is -2.47. The lowest BCUT2D eigenvalue weighted by Gasteiger charge is -2.33. The van der Waals surface area contributed by atoms with E-state index in [2.05, 4.69) is 4.90 Å². The quantitative estimate of drug-likeness (QED) is 0.551. The van der Waals surface area contributed by atoms with Gasteiger partial charge in [0.05, 0.1) is 0 Å². The Morgan fingerprint density at radius 2 is 2.12 bits per heavy atom. The van der Waals surface area contributed by atoms with Crippen LogP contribution in [-0.4, -0.2) is 55.4 Å². The standard InChI is InChI=1S/C10H20ClNO2S2/c1-16(13,14)10-9-15-8-7-12(10)6-4-2-3-5-11/h10H,2-9H2,1H3. The molecule has 0 saturated carbocycles. The molecule has 1 aliphatic heterocycles. The Morgan fingerprint density at radius 3 is 2.75 bits per heavy atom. The van der Waals surface area contributed by atoms with Crippen LogP contribution in [0, 0.1) is 0 Å². The molecule has 1 heterocycles. The van der Waals surface area contributed by atoms with Crippen LogP contribution in [0.15, 0.2) is 0 Å². The first-order valence-electron chi connectivity index (χ1n) is 5.62. The molecule has 6 heteroatoms. The zero-order valence-corrected chi connectivity index (χ0v) is 12.1. The van der Waals surface area contributed by atoms with Gasteiger partial charge in [-0.25, -0.2) is 8.42 Å². The van der Waals surface area contributed by atoms with Crippen LogP contribution in [-0.2, 0) is 9.84 Å². The number of unbranched alkanes of at least 4 members (excludes halogenated alkanes) is 2. The largest absolute Gasteiger partial charge is 0.286 e. The molecule has 0 N–H and O–H groups in total. The van der Waals surface area contributed by atoms with Gasteiger partial charge in [0.25, 0.3) is 0 Å². The molecule has 0 radical (unpaired) electrons. The predicted molar refractivity (Wildman–Crippen MR) is 72.1 cm³/mol. The lowest BCUT2D eigenvalue weighted by molar-refractivity contribution is 0.265. The van der Waals surface area contributed by atoms with Crippen LogP contribution in [0.2, 0.25) is 0 Å². The molecule has 3 nitrogen and oxygen atoms in total. The number of halogens is 1. The van der Waals surface area contributed by atoms with Crippen molar-refractivity contribution in [2.75, 3.05) is 36.7 Å². The molecule has 16 heavy (non-hydrogen) atoms. The normalized spacial score (nSPS) is 23.5. The fourth-order valence-electron chi connectivity index (χ4n) is 1.85. The van der Waals surface area contributed by atoms with Crippen molar-refractivity contribution >= 4 is 33.2 Å². The van der Waals surface area contributed by atoms with Crippen LogP contribution in [0.1, 0.15) is 19.3 Å². The van der Waals surface area contributed by atoms with Crippen molar-refractivity contribution < 1.29 is 8.42 Å². The van der Waals surface area contributed by atoms with Gasteiger partial charge in [-0.05, 0) is 19.4 Å². The van der Waals surface area contributed by atoms with Crippen molar-refractivity contribution in [3.8, 4) is 0 Å². The smallest absolute Gasteiger partial charge is 0.164 e. The fourth-order valence-corrected chi connectivity index (χ4v) is 5.01. The Hall–Kier alpha value is 0.550. The van der Waals surface area contributed by atoms with Crippen molar-refractivity contribution in [2.45, 2.75) is 24.6 Å². The Balaban J connectivity index is 2.42. The Labute approximate surface area is 108 Å². The summed E-state index contributed by atoms with van der Waals surface area (Å²) >= 11 is 7.35. The average molecular weight is 286 g/mol. The minimum atomic E-state index is -2.94. The zero-order chi connectivity index (χ0) is 12.0. The second-order valence-electron chi connectivity index (χ2n) is 4.14. The van der Waals surface area contributed by atoms with Crippen molar-refractivity contribution in [2.24, 2.45) is 0 Å². The highest BCUT2D eigenvalue weighted by Gasteiger charge is 2.30. The van der Waals surface area contributed by atoms with Gasteiger partial charge in [0.1, 0.15) is 5.37 Å². The van der Waals surface area contributed by atoms with Crippen LogP contribution in [0.5, 0.6) is 0 Å². The van der Waals surface area contributed by atoms with Gasteiger partial charge in [0, 0.05) is 30.2 Å². The molecule has 0 bridgehead atoms. The molecule has 0 spiro atoms. The SMILES string of the molecule is CS(=O)(=O)C1CSCCN1CCCCCCl. The number of rotatable bonds is 6. The summed E-state index contributed by atoms with van der Waals surface area (Å²) in [5.41, 5.74) is 0. The summed E-state index contributed by atoms with van der Waals surface area (Å²) in [6.45, 7) is 1.78. The monoisotopic (exact) mass is 285 g/mol. The lowest BCUT2D eigenvalue weighted by atomic mass is 10.2. The van der Waals surface area contributed by atoms with Crippen molar-refractivity contribution in [3.63, 3.8) is 0 Å². The molecule has 0 aromatic carbocycles. The minimum Gasteiger partial charge on any atom is -0.286 e. The van der Waals surface area contributed by atoms with E-state index in [-0.39, 0.29) is 5.37 Å². The van der Waals surface area contributed by atoms with Crippen molar-refractivity contribution in [3.05, 3.63) is 0 Å². The van der Waals surface area contributed by atoms with Gasteiger partial charge in [-0.15, -0.1) is 11.6 Å². The van der Waals surface area contributed by atoms with Crippen LogP contribution < -0.4 is 0 Å². The highest BCUT2D eigenvalue weighted by Crippen LogP contribution is 2.20. The van der Waals surface area contributed by atoms with E-state index in [1.165, 1.54) is 6.26 Å². The van der Waals surface area contributed by atoms with Gasteiger partial charge in [-0.2, -0.15) is 11.8 Å². The Morgan fingerprint density at radius 1 is 1.38 bits per heavy atom. The number of hydrogen-bond acceptors (Lipinski definition) is 4. The summed E-state index contributed by atoms with van der Waals surface area (Å²) in [5.74, 6) is 2.46. The number of thioether (sulfide) groups is 1. The molecular weight excluding hydrogens is 266 g/mol. The second kappa shape index (κ2) is 7.09.